The van der Waals surface area contributed by atoms with Crippen molar-refractivity contribution in [1.82, 2.24) is 0 Å². The summed E-state index contributed by atoms with van der Waals surface area (Å²) in [4.78, 5) is 4.48. The zero-order valence-corrected chi connectivity index (χ0v) is 9.46. The van der Waals surface area contributed by atoms with Crippen LogP contribution in [0.3, 0.4) is 0 Å². The Labute approximate surface area is 94.1 Å². The molecule has 0 aliphatic carbocycles. The molecule has 0 fully saturated rings. The summed E-state index contributed by atoms with van der Waals surface area (Å²) in [5.74, 6) is 6.04. The van der Waals surface area contributed by atoms with Crippen molar-refractivity contribution in [3.63, 3.8) is 0 Å². The number of hydrogen-bond donors (Lipinski definition) is 1. The van der Waals surface area contributed by atoms with Crippen molar-refractivity contribution < 1.29 is 18.7 Å². The van der Waals surface area contributed by atoms with E-state index in [-0.39, 0.29) is 0 Å². The number of methoxy groups -OCH3 is 2. The van der Waals surface area contributed by atoms with Gasteiger partial charge in [0.25, 0.3) is 0 Å². The molecule has 1 aromatic carbocycles. The summed E-state index contributed by atoms with van der Waals surface area (Å²) in [6.07, 6.45) is 0.538. The van der Waals surface area contributed by atoms with Crippen LogP contribution in [0.4, 0.5) is 4.39 Å². The molecule has 16 heavy (non-hydrogen) atoms. The van der Waals surface area contributed by atoms with Crippen molar-refractivity contribution in [1.29, 1.82) is 0 Å². The van der Waals surface area contributed by atoms with Gasteiger partial charge in [-0.1, -0.05) is 0 Å². The van der Waals surface area contributed by atoms with Gasteiger partial charge in [-0.3, -0.25) is 0 Å². The summed E-state index contributed by atoms with van der Waals surface area (Å²) in [6, 6.07) is 3.37. The Hall–Kier alpha value is -1.33. The molecule has 0 saturated carbocycles. The summed E-state index contributed by atoms with van der Waals surface area (Å²) in [5, 5.41) is 0. The maximum absolute atomic E-state index is 12.8. The van der Waals surface area contributed by atoms with Crippen LogP contribution in [0, 0.1) is 0 Å². The number of ether oxygens (including phenoxy) is 2. The average Bonchev–Trinajstić information content (AvgIpc) is 2.35. The predicted octanol–water partition coefficient (Wildman–Crippen LogP) is 1.61. The van der Waals surface area contributed by atoms with Crippen LogP contribution in [0.1, 0.15) is 11.1 Å². The first-order valence-electron chi connectivity index (χ1n) is 4.88. The van der Waals surface area contributed by atoms with Gasteiger partial charge in [0.15, 0.2) is 11.5 Å². The first-order valence-corrected chi connectivity index (χ1v) is 4.88. The van der Waals surface area contributed by atoms with E-state index in [0.717, 1.165) is 5.56 Å². The Morgan fingerprint density at radius 1 is 1.12 bits per heavy atom. The molecular weight excluding hydrogens is 213 g/mol. The van der Waals surface area contributed by atoms with Crippen LogP contribution < -0.4 is 15.4 Å². The third-order valence-corrected chi connectivity index (χ3v) is 2.34. The first kappa shape index (κ1) is 12.7. The van der Waals surface area contributed by atoms with E-state index < -0.39 is 6.67 Å². The van der Waals surface area contributed by atoms with E-state index in [1.54, 1.807) is 12.1 Å². The fourth-order valence-electron chi connectivity index (χ4n) is 1.49. The van der Waals surface area contributed by atoms with Crippen LogP contribution in [0.2, 0.25) is 0 Å². The summed E-state index contributed by atoms with van der Waals surface area (Å²) in [6.45, 7) is -0.220. The van der Waals surface area contributed by atoms with Crippen LogP contribution in [0.15, 0.2) is 12.1 Å². The highest BCUT2D eigenvalue weighted by atomic mass is 19.1. The molecule has 0 radical (unpaired) electrons. The number of benzene rings is 1. The molecule has 4 nitrogen and oxygen atoms in total. The van der Waals surface area contributed by atoms with Gasteiger partial charge in [-0.25, -0.2) is 10.3 Å². The van der Waals surface area contributed by atoms with Crippen molar-refractivity contribution in [3.05, 3.63) is 23.3 Å². The van der Waals surface area contributed by atoms with Gasteiger partial charge in [0.05, 0.1) is 20.8 Å². The van der Waals surface area contributed by atoms with Gasteiger partial charge in [-0.2, -0.15) is 0 Å². The van der Waals surface area contributed by atoms with Crippen LogP contribution in [-0.2, 0) is 17.9 Å². The third kappa shape index (κ3) is 2.84. The first-order chi connectivity index (χ1) is 7.76. The van der Waals surface area contributed by atoms with E-state index >= 15 is 0 Å². The number of hydrogen-bond acceptors (Lipinski definition) is 4. The van der Waals surface area contributed by atoms with Crippen LogP contribution in [0.25, 0.3) is 0 Å². The van der Waals surface area contributed by atoms with Crippen molar-refractivity contribution in [3.8, 4) is 11.5 Å². The van der Waals surface area contributed by atoms with E-state index in [1.165, 1.54) is 14.2 Å². The minimum Gasteiger partial charge on any atom is -0.493 e. The van der Waals surface area contributed by atoms with E-state index in [9.17, 15) is 4.39 Å². The van der Waals surface area contributed by atoms with Crippen LogP contribution in [-0.4, -0.2) is 20.8 Å². The van der Waals surface area contributed by atoms with Gasteiger partial charge in [0.1, 0.15) is 6.67 Å². The van der Waals surface area contributed by atoms with Crippen molar-refractivity contribution in [2.24, 2.45) is 5.90 Å². The molecule has 0 aliphatic rings. The monoisotopic (exact) mass is 229 g/mol. The molecule has 0 saturated heterocycles. The summed E-state index contributed by atoms with van der Waals surface area (Å²) >= 11 is 0. The molecule has 2 N–H and O–H groups in total. The zero-order chi connectivity index (χ0) is 12.0. The molecule has 0 spiro atoms. The molecule has 90 valence electrons. The summed E-state index contributed by atoms with van der Waals surface area (Å²) < 4.78 is 23.0. The highest BCUT2D eigenvalue weighted by Gasteiger charge is 2.10. The quantitative estimate of drug-likeness (QED) is 0.753. The lowest BCUT2D eigenvalue weighted by Crippen LogP contribution is -2.06. The SMILES string of the molecule is COc1cc(CF)c(CCON)cc1OC. The normalized spacial score (nSPS) is 10.2. The molecule has 1 aromatic rings. The Kier molecular flexibility index (Phi) is 5.01. The second kappa shape index (κ2) is 6.30. The summed E-state index contributed by atoms with van der Waals surface area (Å²) in [5.41, 5.74) is 1.38. The predicted molar refractivity (Wildman–Crippen MR) is 58.2 cm³/mol. The van der Waals surface area contributed by atoms with Crippen LogP contribution in [0.5, 0.6) is 11.5 Å². The van der Waals surface area contributed by atoms with Gasteiger partial charge in [0, 0.05) is 0 Å². The van der Waals surface area contributed by atoms with Gasteiger partial charge in [0.2, 0.25) is 0 Å². The smallest absolute Gasteiger partial charge is 0.161 e. The third-order valence-electron chi connectivity index (χ3n) is 2.34. The number of rotatable bonds is 6. The Bertz CT molecular complexity index is 344. The van der Waals surface area contributed by atoms with Gasteiger partial charge >= 0.3 is 0 Å². The van der Waals surface area contributed by atoms with E-state index in [1.807, 2.05) is 0 Å². The molecular formula is C11H16FNO3. The highest BCUT2D eigenvalue weighted by Crippen LogP contribution is 2.31. The topological polar surface area (TPSA) is 53.7 Å². The molecule has 0 atom stereocenters. The second-order valence-electron chi connectivity index (χ2n) is 3.23. The van der Waals surface area contributed by atoms with Gasteiger partial charge in [-0.05, 0) is 29.7 Å². The molecule has 1 rings (SSSR count). The standard InChI is InChI=1S/C11H16FNO3/c1-14-10-5-8(3-4-16-13)9(7-12)6-11(10)15-2/h5-6H,3-4,7,13H2,1-2H3. The zero-order valence-electron chi connectivity index (χ0n) is 9.46. The lowest BCUT2D eigenvalue weighted by molar-refractivity contribution is 0.141. The maximum atomic E-state index is 12.8. The molecule has 0 aliphatic heterocycles. The number of alkyl halides is 1. The second-order valence-corrected chi connectivity index (χ2v) is 3.23. The molecule has 5 heteroatoms. The molecule has 0 unspecified atom stereocenters. The van der Waals surface area contributed by atoms with Crippen molar-refractivity contribution in [2.75, 3.05) is 20.8 Å². The van der Waals surface area contributed by atoms with E-state index in [4.69, 9.17) is 15.4 Å². The Morgan fingerprint density at radius 2 is 1.69 bits per heavy atom. The van der Waals surface area contributed by atoms with Crippen molar-refractivity contribution >= 4 is 0 Å². The lowest BCUT2D eigenvalue weighted by atomic mass is 10.0. The van der Waals surface area contributed by atoms with Crippen LogP contribution >= 0.6 is 0 Å². The highest BCUT2D eigenvalue weighted by molar-refractivity contribution is 5.47. The minimum atomic E-state index is -0.555. The Balaban J connectivity index is 3.05. The van der Waals surface area contributed by atoms with Gasteiger partial charge < -0.3 is 14.3 Å². The van der Waals surface area contributed by atoms with Crippen molar-refractivity contribution in [2.45, 2.75) is 13.1 Å². The Morgan fingerprint density at radius 3 is 2.12 bits per heavy atom. The summed E-state index contributed by atoms with van der Waals surface area (Å²) in [7, 11) is 3.05. The molecule has 0 amide bonds. The van der Waals surface area contributed by atoms with E-state index in [2.05, 4.69) is 4.84 Å². The molecule has 0 bridgehead atoms. The maximum Gasteiger partial charge on any atom is 0.161 e. The number of halogens is 1. The number of nitrogens with two attached hydrogens (primary N) is 1. The average molecular weight is 229 g/mol. The molecule has 0 aromatic heterocycles. The lowest BCUT2D eigenvalue weighted by Gasteiger charge is -2.12. The fraction of sp³-hybridized carbons (Fsp3) is 0.455. The van der Waals surface area contributed by atoms with E-state index in [0.29, 0.717) is 30.1 Å². The van der Waals surface area contributed by atoms with Gasteiger partial charge in [-0.15, -0.1) is 0 Å². The largest absolute Gasteiger partial charge is 0.493 e. The fourth-order valence-corrected chi connectivity index (χ4v) is 1.49. The molecule has 0 heterocycles. The minimum absolute atomic E-state index is 0.336.